The first kappa shape index (κ1) is 29.5. The number of carbonyl (C=O) groups is 2. The zero-order valence-electron chi connectivity index (χ0n) is 21.6. The van der Waals surface area contributed by atoms with Gasteiger partial charge in [0.15, 0.2) is 5.76 Å². The van der Waals surface area contributed by atoms with Gasteiger partial charge in [-0.15, -0.1) is 0 Å². The Morgan fingerprint density at radius 3 is 2.78 bits per heavy atom. The molecule has 216 valence electrons. The second-order valence-corrected chi connectivity index (χ2v) is 12.0. The molecule has 3 atom stereocenters. The Kier molecular flexibility index (Phi) is 9.00. The number of benzene rings is 1. The zero-order chi connectivity index (χ0) is 29.3. The highest BCUT2D eigenvalue weighted by molar-refractivity contribution is 9.10. The van der Waals surface area contributed by atoms with Crippen molar-refractivity contribution in [3.05, 3.63) is 79.8 Å². The van der Waals surface area contributed by atoms with Crippen LogP contribution < -0.4 is 16.1 Å². The molecule has 41 heavy (non-hydrogen) atoms. The summed E-state index contributed by atoms with van der Waals surface area (Å²) in [6, 6.07) is 6.47. The Morgan fingerprint density at radius 2 is 2.07 bits per heavy atom. The fourth-order valence-corrected chi connectivity index (χ4v) is 6.07. The first-order valence-electron chi connectivity index (χ1n) is 12.6. The predicted molar refractivity (Wildman–Crippen MR) is 160 cm³/mol. The number of hydrogen-bond donors (Lipinski definition) is 4. The fourth-order valence-electron chi connectivity index (χ4n) is 4.65. The molecule has 2 aromatic rings. The van der Waals surface area contributed by atoms with Crippen LogP contribution >= 0.6 is 39.1 Å². The minimum Gasteiger partial charge on any atom is -0.379 e. The molecule has 0 spiro atoms. The van der Waals surface area contributed by atoms with Crippen molar-refractivity contribution in [3.8, 4) is 0 Å². The van der Waals surface area contributed by atoms with Crippen molar-refractivity contribution in [2.45, 2.75) is 31.7 Å². The number of rotatable bonds is 8. The lowest BCUT2D eigenvalue weighted by atomic mass is 10.0. The van der Waals surface area contributed by atoms with Crippen molar-refractivity contribution >= 4 is 73.8 Å². The lowest BCUT2D eigenvalue weighted by Crippen LogP contribution is -2.37. The van der Waals surface area contributed by atoms with Gasteiger partial charge in [0, 0.05) is 40.1 Å². The number of halogens is 3. The zero-order valence-corrected chi connectivity index (χ0v) is 25.5. The van der Waals surface area contributed by atoms with Gasteiger partial charge < -0.3 is 25.1 Å². The molecule has 2 aliphatic heterocycles. The van der Waals surface area contributed by atoms with Gasteiger partial charge >= 0.3 is 11.4 Å². The molecule has 1 aromatic heterocycles. The Balaban J connectivity index is 1.42. The predicted octanol–water partition coefficient (Wildman–Crippen LogP) is 4.55. The summed E-state index contributed by atoms with van der Waals surface area (Å²) < 4.78 is 26.3. The van der Waals surface area contributed by atoms with Gasteiger partial charge in [0.1, 0.15) is 5.84 Å². The summed E-state index contributed by atoms with van der Waals surface area (Å²) in [6.07, 6.45) is 6.55. The first-order chi connectivity index (χ1) is 19.6. The first-order valence-corrected chi connectivity index (χ1v) is 15.2. The van der Waals surface area contributed by atoms with Crippen molar-refractivity contribution in [1.82, 2.24) is 20.6 Å². The molecule has 0 saturated heterocycles. The van der Waals surface area contributed by atoms with E-state index in [4.69, 9.17) is 27.4 Å². The summed E-state index contributed by atoms with van der Waals surface area (Å²) in [5.41, 5.74) is 4.11. The van der Waals surface area contributed by atoms with E-state index in [1.807, 2.05) is 6.92 Å². The summed E-state index contributed by atoms with van der Waals surface area (Å²) in [5.74, 6) is -0.442. The number of hydrogen-bond acceptors (Lipinski definition) is 8. The molecular weight excluding hydrogens is 659 g/mol. The van der Waals surface area contributed by atoms with Crippen LogP contribution in [0.5, 0.6) is 0 Å². The van der Waals surface area contributed by atoms with E-state index >= 15 is 0 Å². The number of amidine groups is 1. The SMILES string of the molecule is CC(NC(=O)c1cc(Cl)cc(Br)c1NC(=O)C1=CC(OS(=O)O)=CN(C2=NNCC2c2ncccc2Cl)C1)C1CC1. The molecule has 0 radical (unpaired) electrons. The topological polar surface area (TPSA) is 145 Å². The van der Waals surface area contributed by atoms with E-state index in [2.05, 4.69) is 42.1 Å². The Morgan fingerprint density at radius 1 is 1.29 bits per heavy atom. The number of allylic oxidation sites excluding steroid dienone is 1. The van der Waals surface area contributed by atoms with Crippen LogP contribution in [-0.2, 0) is 20.3 Å². The number of amides is 2. The van der Waals surface area contributed by atoms with Gasteiger partial charge in [0.2, 0.25) is 0 Å². The highest BCUT2D eigenvalue weighted by Gasteiger charge is 2.34. The summed E-state index contributed by atoms with van der Waals surface area (Å²) in [5, 5.41) is 10.9. The van der Waals surface area contributed by atoms with Crippen LogP contribution in [0.1, 0.15) is 41.7 Å². The molecular formula is C26H25BrCl2N6O5S. The van der Waals surface area contributed by atoms with Crippen LogP contribution in [0.3, 0.4) is 0 Å². The third-order valence-electron chi connectivity index (χ3n) is 6.84. The van der Waals surface area contributed by atoms with E-state index in [1.165, 1.54) is 18.3 Å². The highest BCUT2D eigenvalue weighted by Crippen LogP contribution is 2.35. The van der Waals surface area contributed by atoms with Gasteiger partial charge in [-0.2, -0.15) is 9.31 Å². The van der Waals surface area contributed by atoms with Crippen LogP contribution in [-0.4, -0.2) is 55.4 Å². The second kappa shape index (κ2) is 12.5. The van der Waals surface area contributed by atoms with Gasteiger partial charge in [-0.3, -0.25) is 19.1 Å². The number of carbonyl (C=O) groups excluding carboxylic acids is 2. The van der Waals surface area contributed by atoms with E-state index in [0.717, 1.165) is 12.8 Å². The highest BCUT2D eigenvalue weighted by atomic mass is 79.9. The standard InChI is InChI=1S/C26H25BrCl2N6O5S/c1-13(14-4-5-14)32-26(37)18-8-16(28)9-20(27)22(18)33-25(36)15-7-17(40-41(38)39)12-35(11-15)24-19(10-31-34-24)23-21(29)3-2-6-30-23/h2-3,6-9,12-14,19,31H,4-5,10-11H2,1H3,(H,32,37)(H,33,36)(H,38,39). The molecule has 1 fully saturated rings. The number of nitrogens with one attached hydrogen (secondary N) is 3. The van der Waals surface area contributed by atoms with Crippen molar-refractivity contribution in [3.63, 3.8) is 0 Å². The molecule has 1 saturated carbocycles. The maximum atomic E-state index is 13.6. The Bertz CT molecular complexity index is 1520. The maximum Gasteiger partial charge on any atom is 0.357 e. The normalized spacial score (nSPS) is 19.8. The molecule has 1 aromatic carbocycles. The lowest BCUT2D eigenvalue weighted by molar-refractivity contribution is -0.113. The lowest BCUT2D eigenvalue weighted by Gasteiger charge is -2.28. The number of hydrazone groups is 1. The molecule has 2 amide bonds. The largest absolute Gasteiger partial charge is 0.379 e. The summed E-state index contributed by atoms with van der Waals surface area (Å²) in [4.78, 5) is 32.8. The number of aromatic nitrogens is 1. The van der Waals surface area contributed by atoms with Crippen molar-refractivity contribution in [2.24, 2.45) is 11.0 Å². The van der Waals surface area contributed by atoms with Crippen LogP contribution in [0.25, 0.3) is 0 Å². The van der Waals surface area contributed by atoms with Crippen LogP contribution in [0.2, 0.25) is 10.0 Å². The molecule has 1 aliphatic carbocycles. The summed E-state index contributed by atoms with van der Waals surface area (Å²) >= 11 is 13.4. The Labute approximate surface area is 257 Å². The molecule has 15 heteroatoms. The molecule has 0 bridgehead atoms. The molecule has 5 rings (SSSR count). The van der Waals surface area contributed by atoms with Crippen molar-refractivity contribution in [2.75, 3.05) is 18.4 Å². The minimum absolute atomic E-state index is 0.0241. The van der Waals surface area contributed by atoms with E-state index in [0.29, 0.717) is 38.5 Å². The Hall–Kier alpha value is -2.97. The number of pyridine rings is 1. The van der Waals surface area contributed by atoms with Crippen LogP contribution in [0, 0.1) is 5.92 Å². The van der Waals surface area contributed by atoms with Crippen molar-refractivity contribution in [1.29, 1.82) is 0 Å². The van der Waals surface area contributed by atoms with Crippen molar-refractivity contribution < 1.29 is 22.5 Å². The van der Waals surface area contributed by atoms with Gasteiger partial charge in [-0.1, -0.05) is 23.2 Å². The summed E-state index contributed by atoms with van der Waals surface area (Å²) in [6.45, 7) is 2.38. The monoisotopic (exact) mass is 682 g/mol. The average molecular weight is 684 g/mol. The number of anilines is 1. The second-order valence-electron chi connectivity index (χ2n) is 9.75. The van der Waals surface area contributed by atoms with E-state index in [1.54, 1.807) is 29.3 Å². The van der Waals surface area contributed by atoms with Gasteiger partial charge in [-0.05, 0) is 72.0 Å². The fraction of sp³-hybridized carbons (Fsp3) is 0.308. The quantitative estimate of drug-likeness (QED) is 0.297. The van der Waals surface area contributed by atoms with Gasteiger partial charge in [-0.25, -0.2) is 0 Å². The molecule has 3 unspecified atom stereocenters. The third-order valence-corrected chi connectivity index (χ3v) is 8.34. The van der Waals surface area contributed by atoms with Gasteiger partial charge in [0.25, 0.3) is 11.8 Å². The smallest absolute Gasteiger partial charge is 0.357 e. The van der Waals surface area contributed by atoms with Gasteiger partial charge in [0.05, 0.1) is 34.4 Å². The average Bonchev–Trinajstić information content (AvgIpc) is 3.66. The molecule has 4 N–H and O–H groups in total. The van der Waals surface area contributed by atoms with Crippen LogP contribution in [0.4, 0.5) is 5.69 Å². The van der Waals surface area contributed by atoms with Crippen LogP contribution in [0.15, 0.2) is 63.6 Å². The van der Waals surface area contributed by atoms with E-state index in [9.17, 15) is 18.4 Å². The molecule has 3 heterocycles. The number of nitrogens with zero attached hydrogens (tertiary/aromatic N) is 3. The molecule has 3 aliphatic rings. The summed E-state index contributed by atoms with van der Waals surface area (Å²) in [7, 11) is 0. The minimum atomic E-state index is -2.65. The third kappa shape index (κ3) is 6.92. The molecule has 11 nitrogen and oxygen atoms in total. The van der Waals surface area contributed by atoms with E-state index in [-0.39, 0.29) is 47.0 Å². The van der Waals surface area contributed by atoms with E-state index < -0.39 is 17.3 Å². The maximum absolute atomic E-state index is 13.6.